The first-order valence-electron chi connectivity index (χ1n) is 10.1. The molecular weight excluding hydrogens is 491 g/mol. The van der Waals surface area contributed by atoms with Gasteiger partial charge in [-0.2, -0.15) is 0 Å². The Morgan fingerprint density at radius 3 is 2.53 bits per heavy atom. The number of halogens is 1. The number of rotatable bonds is 10. The van der Waals surface area contributed by atoms with Gasteiger partial charge in [-0.15, -0.1) is 24.0 Å². The van der Waals surface area contributed by atoms with Crippen LogP contribution in [0.1, 0.15) is 36.5 Å². The molecule has 0 spiro atoms. The maximum Gasteiger partial charge on any atom is 0.255 e. The van der Waals surface area contributed by atoms with E-state index in [1.165, 1.54) is 16.7 Å². The molecule has 2 rings (SSSR count). The van der Waals surface area contributed by atoms with Crippen LogP contribution in [0.5, 0.6) is 5.75 Å². The van der Waals surface area contributed by atoms with E-state index < -0.39 is 5.91 Å². The second-order valence-corrected chi connectivity index (χ2v) is 7.11. The first-order chi connectivity index (χ1) is 14.0. The van der Waals surface area contributed by atoms with E-state index in [0.29, 0.717) is 11.7 Å². The van der Waals surface area contributed by atoms with Crippen molar-refractivity contribution < 1.29 is 9.53 Å². The number of carbonyl (C=O) groups is 1. The molecule has 0 heterocycles. The third kappa shape index (κ3) is 9.47. The lowest BCUT2D eigenvalue weighted by molar-refractivity contribution is -0.119. The van der Waals surface area contributed by atoms with Gasteiger partial charge in [-0.05, 0) is 43.5 Å². The van der Waals surface area contributed by atoms with Gasteiger partial charge in [0.25, 0.3) is 5.91 Å². The molecule has 164 valence electrons. The number of primary amides is 1. The summed E-state index contributed by atoms with van der Waals surface area (Å²) < 4.78 is 5.28. The molecule has 0 fully saturated rings. The SMILES string of the molecule is CCNC(=NCC(C)c1cccc(C)c1)NCCc1ccc(OCC(N)=O)cc1.I. The number of hydrogen-bond donors (Lipinski definition) is 3. The quantitative estimate of drug-likeness (QED) is 0.253. The molecule has 7 heteroatoms. The van der Waals surface area contributed by atoms with E-state index in [9.17, 15) is 4.79 Å². The van der Waals surface area contributed by atoms with Crippen molar-refractivity contribution in [2.75, 3.05) is 26.2 Å². The molecule has 0 bridgehead atoms. The van der Waals surface area contributed by atoms with Crippen molar-refractivity contribution in [1.29, 1.82) is 0 Å². The minimum absolute atomic E-state index is 0. The molecule has 0 saturated carbocycles. The van der Waals surface area contributed by atoms with Crippen LogP contribution in [0, 0.1) is 6.92 Å². The first kappa shape index (κ1) is 25.7. The molecule has 1 amide bonds. The van der Waals surface area contributed by atoms with Crippen molar-refractivity contribution in [2.24, 2.45) is 10.7 Å². The van der Waals surface area contributed by atoms with Crippen molar-refractivity contribution in [3.05, 3.63) is 65.2 Å². The van der Waals surface area contributed by atoms with Crippen molar-refractivity contribution in [2.45, 2.75) is 33.1 Å². The molecule has 30 heavy (non-hydrogen) atoms. The summed E-state index contributed by atoms with van der Waals surface area (Å²) in [4.78, 5) is 15.5. The van der Waals surface area contributed by atoms with Crippen molar-refractivity contribution in [1.82, 2.24) is 10.6 Å². The molecule has 2 aromatic carbocycles. The number of ether oxygens (including phenoxy) is 1. The zero-order chi connectivity index (χ0) is 21.1. The van der Waals surface area contributed by atoms with E-state index in [1.54, 1.807) is 0 Å². The van der Waals surface area contributed by atoms with Crippen LogP contribution in [-0.2, 0) is 11.2 Å². The van der Waals surface area contributed by atoms with E-state index in [2.05, 4.69) is 55.7 Å². The predicted molar refractivity (Wildman–Crippen MR) is 134 cm³/mol. The maximum atomic E-state index is 10.8. The highest BCUT2D eigenvalue weighted by Gasteiger charge is 2.06. The number of amides is 1. The van der Waals surface area contributed by atoms with E-state index in [1.807, 2.05) is 24.3 Å². The van der Waals surface area contributed by atoms with Gasteiger partial charge in [0, 0.05) is 25.6 Å². The van der Waals surface area contributed by atoms with Crippen molar-refractivity contribution >= 4 is 35.8 Å². The van der Waals surface area contributed by atoms with Crippen LogP contribution in [0.2, 0.25) is 0 Å². The number of nitrogens with zero attached hydrogens (tertiary/aromatic N) is 1. The number of carbonyl (C=O) groups excluding carboxylic acids is 1. The summed E-state index contributed by atoms with van der Waals surface area (Å²) in [7, 11) is 0. The fraction of sp³-hybridized carbons (Fsp3) is 0.391. The molecule has 0 saturated heterocycles. The second-order valence-electron chi connectivity index (χ2n) is 7.11. The lowest BCUT2D eigenvalue weighted by Crippen LogP contribution is -2.38. The highest BCUT2D eigenvalue weighted by molar-refractivity contribution is 14.0. The zero-order valence-electron chi connectivity index (χ0n) is 18.0. The Hall–Kier alpha value is -2.29. The molecule has 0 aromatic heterocycles. The fourth-order valence-electron chi connectivity index (χ4n) is 2.88. The third-order valence-corrected chi connectivity index (χ3v) is 4.49. The standard InChI is InChI=1S/C23H32N4O2.HI/c1-4-25-23(27-15-18(3)20-7-5-6-17(2)14-20)26-13-12-19-8-10-21(11-9-19)29-16-22(24)28;/h5-11,14,18H,4,12-13,15-16H2,1-3H3,(H2,24,28)(H2,25,26,27);1H. The molecule has 0 aliphatic heterocycles. The zero-order valence-corrected chi connectivity index (χ0v) is 20.3. The first-order valence-corrected chi connectivity index (χ1v) is 10.1. The van der Waals surface area contributed by atoms with Crippen molar-refractivity contribution in [3.8, 4) is 5.75 Å². The monoisotopic (exact) mass is 524 g/mol. The van der Waals surface area contributed by atoms with Crippen LogP contribution >= 0.6 is 24.0 Å². The lowest BCUT2D eigenvalue weighted by atomic mass is 10.00. The molecule has 1 unspecified atom stereocenters. The molecule has 4 N–H and O–H groups in total. The number of aryl methyl sites for hydroxylation is 1. The number of nitrogens with two attached hydrogens (primary N) is 1. The van der Waals surface area contributed by atoms with Gasteiger partial charge < -0.3 is 21.1 Å². The predicted octanol–water partition coefficient (Wildman–Crippen LogP) is 3.38. The average Bonchev–Trinajstić information content (AvgIpc) is 2.71. The Bertz CT molecular complexity index is 809. The van der Waals surface area contributed by atoms with Gasteiger partial charge in [-0.3, -0.25) is 9.79 Å². The van der Waals surface area contributed by atoms with E-state index in [4.69, 9.17) is 15.5 Å². The van der Waals surface area contributed by atoms with Gasteiger partial charge in [0.2, 0.25) is 0 Å². The number of nitrogens with one attached hydrogen (secondary N) is 2. The summed E-state index contributed by atoms with van der Waals surface area (Å²) in [5.74, 6) is 1.34. The third-order valence-electron chi connectivity index (χ3n) is 4.49. The Morgan fingerprint density at radius 1 is 1.17 bits per heavy atom. The van der Waals surface area contributed by atoms with Gasteiger partial charge >= 0.3 is 0 Å². The highest BCUT2D eigenvalue weighted by atomic mass is 127. The number of benzene rings is 2. The van der Waals surface area contributed by atoms with Crippen LogP contribution in [0.3, 0.4) is 0 Å². The minimum atomic E-state index is -0.481. The Morgan fingerprint density at radius 2 is 1.90 bits per heavy atom. The van der Waals surface area contributed by atoms with Crippen LogP contribution in [0.4, 0.5) is 0 Å². The lowest BCUT2D eigenvalue weighted by Gasteiger charge is -2.14. The van der Waals surface area contributed by atoms with Crippen LogP contribution in [0.25, 0.3) is 0 Å². The smallest absolute Gasteiger partial charge is 0.255 e. The summed E-state index contributed by atoms with van der Waals surface area (Å²) in [5, 5.41) is 6.69. The topological polar surface area (TPSA) is 88.7 Å². The number of hydrogen-bond acceptors (Lipinski definition) is 3. The summed E-state index contributed by atoms with van der Waals surface area (Å²) >= 11 is 0. The average molecular weight is 524 g/mol. The molecule has 1 atom stereocenters. The largest absolute Gasteiger partial charge is 0.484 e. The summed E-state index contributed by atoms with van der Waals surface area (Å²) in [6.45, 7) is 8.58. The van der Waals surface area contributed by atoms with E-state index in [-0.39, 0.29) is 30.6 Å². The van der Waals surface area contributed by atoms with Crippen LogP contribution in [0.15, 0.2) is 53.5 Å². The van der Waals surface area contributed by atoms with E-state index in [0.717, 1.165) is 32.0 Å². The molecule has 0 aliphatic carbocycles. The molecular formula is C23H33IN4O2. The molecule has 0 aliphatic rings. The van der Waals surface area contributed by atoms with Gasteiger partial charge in [-0.1, -0.05) is 48.9 Å². The van der Waals surface area contributed by atoms with Gasteiger partial charge in [0.05, 0.1) is 0 Å². The summed E-state index contributed by atoms with van der Waals surface area (Å²) in [6, 6.07) is 16.3. The van der Waals surface area contributed by atoms with Gasteiger partial charge in [0.1, 0.15) is 5.75 Å². The Kier molecular flexibility index (Phi) is 11.9. The number of guanidine groups is 1. The fourth-order valence-corrected chi connectivity index (χ4v) is 2.88. The molecule has 0 radical (unpaired) electrons. The Balaban J connectivity index is 0.00000450. The van der Waals surface area contributed by atoms with Crippen LogP contribution in [-0.4, -0.2) is 38.1 Å². The molecule has 2 aromatic rings. The second kappa shape index (κ2) is 13.8. The number of aliphatic imine (C=N–C) groups is 1. The van der Waals surface area contributed by atoms with Crippen LogP contribution < -0.4 is 21.1 Å². The highest BCUT2D eigenvalue weighted by Crippen LogP contribution is 2.16. The Labute approximate surface area is 196 Å². The minimum Gasteiger partial charge on any atom is -0.484 e. The van der Waals surface area contributed by atoms with Gasteiger partial charge in [0.15, 0.2) is 12.6 Å². The summed E-state index contributed by atoms with van der Waals surface area (Å²) in [6.07, 6.45) is 0.855. The maximum absolute atomic E-state index is 10.8. The van der Waals surface area contributed by atoms with E-state index >= 15 is 0 Å². The summed E-state index contributed by atoms with van der Waals surface area (Å²) in [5.41, 5.74) is 8.84. The molecule has 6 nitrogen and oxygen atoms in total. The normalized spacial score (nSPS) is 11.9. The van der Waals surface area contributed by atoms with Gasteiger partial charge in [-0.25, -0.2) is 0 Å². The van der Waals surface area contributed by atoms with Crippen molar-refractivity contribution in [3.63, 3.8) is 0 Å².